The number of aliphatic hydroxyl groups excluding tert-OH is 1. The molecule has 1 fully saturated rings. The highest BCUT2D eigenvalue weighted by molar-refractivity contribution is 5.07. The predicted molar refractivity (Wildman–Crippen MR) is 76.0 cm³/mol. The van der Waals surface area contributed by atoms with E-state index in [2.05, 4.69) is 43.0 Å². The van der Waals surface area contributed by atoms with Crippen LogP contribution in [0.4, 0.5) is 0 Å². The molecule has 4 nitrogen and oxygen atoms in total. The van der Waals surface area contributed by atoms with Gasteiger partial charge in [-0.2, -0.15) is 0 Å². The molecule has 19 heavy (non-hydrogen) atoms. The van der Waals surface area contributed by atoms with Crippen molar-refractivity contribution >= 4 is 0 Å². The number of rotatable bonds is 6. The van der Waals surface area contributed by atoms with Crippen LogP contribution in [0.15, 0.2) is 16.5 Å². The second kappa shape index (κ2) is 6.55. The fourth-order valence-corrected chi connectivity index (χ4v) is 2.97. The third-order valence-electron chi connectivity index (χ3n) is 3.93. The fraction of sp³-hybridized carbons (Fsp3) is 0.733. The van der Waals surface area contributed by atoms with Crippen molar-refractivity contribution in [3.63, 3.8) is 0 Å². The first kappa shape index (κ1) is 14.6. The van der Waals surface area contributed by atoms with Crippen molar-refractivity contribution in [2.45, 2.75) is 19.9 Å². The minimum atomic E-state index is 0.285. The monoisotopic (exact) mass is 266 g/mol. The Labute approximate surface area is 116 Å². The van der Waals surface area contributed by atoms with Crippen molar-refractivity contribution in [3.05, 3.63) is 23.7 Å². The van der Waals surface area contributed by atoms with Gasteiger partial charge in [-0.1, -0.05) is 6.92 Å². The lowest BCUT2D eigenvalue weighted by Gasteiger charge is -2.20. The minimum Gasteiger partial charge on any atom is -0.465 e. The standard InChI is InChI=1S/C15H26N2O2/c1-4-14-5-6-15(19-14)10-17-8-12(7-16(2)3)13(9-17)11-18/h5-6,12-13,18H,4,7-11H2,1-3H3/t12-,13-/m1/s1. The Balaban J connectivity index is 1.91. The summed E-state index contributed by atoms with van der Waals surface area (Å²) in [6.07, 6.45) is 0.947. The topological polar surface area (TPSA) is 39.9 Å². The molecule has 1 aliphatic heterocycles. The summed E-state index contributed by atoms with van der Waals surface area (Å²) in [5, 5.41) is 9.51. The first-order valence-corrected chi connectivity index (χ1v) is 7.18. The van der Waals surface area contributed by atoms with Crippen molar-refractivity contribution < 1.29 is 9.52 Å². The Morgan fingerprint density at radius 1 is 1.26 bits per heavy atom. The maximum Gasteiger partial charge on any atom is 0.118 e. The molecule has 2 atom stereocenters. The van der Waals surface area contributed by atoms with Crippen LogP contribution in [0, 0.1) is 11.8 Å². The Bertz CT molecular complexity index is 389. The zero-order valence-electron chi connectivity index (χ0n) is 12.3. The third-order valence-corrected chi connectivity index (χ3v) is 3.93. The van der Waals surface area contributed by atoms with Crippen LogP contribution in [0.3, 0.4) is 0 Å². The number of aliphatic hydroxyl groups is 1. The van der Waals surface area contributed by atoms with Crippen molar-refractivity contribution in [2.75, 3.05) is 40.3 Å². The third kappa shape index (κ3) is 3.81. The molecule has 0 spiro atoms. The first-order chi connectivity index (χ1) is 9.12. The Morgan fingerprint density at radius 2 is 1.95 bits per heavy atom. The van der Waals surface area contributed by atoms with Gasteiger partial charge >= 0.3 is 0 Å². The highest BCUT2D eigenvalue weighted by atomic mass is 16.3. The van der Waals surface area contributed by atoms with Crippen molar-refractivity contribution in [2.24, 2.45) is 11.8 Å². The van der Waals surface area contributed by atoms with Gasteiger partial charge in [-0.05, 0) is 38.1 Å². The molecule has 0 radical (unpaired) electrons. The second-order valence-corrected chi connectivity index (χ2v) is 5.88. The zero-order valence-corrected chi connectivity index (χ0v) is 12.3. The van der Waals surface area contributed by atoms with Gasteiger partial charge in [0.1, 0.15) is 11.5 Å². The van der Waals surface area contributed by atoms with E-state index in [4.69, 9.17) is 4.42 Å². The van der Waals surface area contributed by atoms with E-state index in [1.54, 1.807) is 0 Å². The lowest BCUT2D eigenvalue weighted by molar-refractivity contribution is 0.183. The predicted octanol–water partition coefficient (Wildman–Crippen LogP) is 1.44. The average molecular weight is 266 g/mol. The van der Waals surface area contributed by atoms with Crippen LogP contribution in [0.1, 0.15) is 18.4 Å². The quantitative estimate of drug-likeness (QED) is 0.846. The van der Waals surface area contributed by atoms with E-state index < -0.39 is 0 Å². The van der Waals surface area contributed by atoms with Crippen molar-refractivity contribution in [1.29, 1.82) is 0 Å². The molecule has 1 N–H and O–H groups in total. The van der Waals surface area contributed by atoms with Gasteiger partial charge in [0.15, 0.2) is 0 Å². The highest BCUT2D eigenvalue weighted by Gasteiger charge is 2.32. The van der Waals surface area contributed by atoms with Gasteiger partial charge in [-0.25, -0.2) is 0 Å². The van der Waals surface area contributed by atoms with E-state index in [9.17, 15) is 5.11 Å². The van der Waals surface area contributed by atoms with Crippen LogP contribution >= 0.6 is 0 Å². The molecule has 0 aliphatic carbocycles. The molecule has 0 saturated carbocycles. The van der Waals surface area contributed by atoms with Gasteiger partial charge in [-0.3, -0.25) is 4.90 Å². The zero-order chi connectivity index (χ0) is 13.8. The van der Waals surface area contributed by atoms with E-state index in [1.165, 1.54) is 0 Å². The average Bonchev–Trinajstić information content (AvgIpc) is 2.96. The molecule has 108 valence electrons. The maximum absolute atomic E-state index is 9.51. The van der Waals surface area contributed by atoms with Crippen LogP contribution in [0.2, 0.25) is 0 Å². The molecule has 0 amide bonds. The first-order valence-electron chi connectivity index (χ1n) is 7.18. The molecular formula is C15H26N2O2. The van der Waals surface area contributed by atoms with Gasteiger partial charge in [0.25, 0.3) is 0 Å². The number of hydrogen-bond acceptors (Lipinski definition) is 4. The van der Waals surface area contributed by atoms with Gasteiger partial charge in [-0.15, -0.1) is 0 Å². The van der Waals surface area contributed by atoms with Crippen LogP contribution in [-0.4, -0.2) is 55.2 Å². The molecule has 1 saturated heterocycles. The lowest BCUT2D eigenvalue weighted by atomic mass is 9.97. The summed E-state index contributed by atoms with van der Waals surface area (Å²) in [5.41, 5.74) is 0. The van der Waals surface area contributed by atoms with E-state index >= 15 is 0 Å². The summed E-state index contributed by atoms with van der Waals surface area (Å²) in [6, 6.07) is 4.14. The van der Waals surface area contributed by atoms with Crippen molar-refractivity contribution in [1.82, 2.24) is 9.80 Å². The Morgan fingerprint density at radius 3 is 2.53 bits per heavy atom. The van der Waals surface area contributed by atoms with E-state index in [-0.39, 0.29) is 6.61 Å². The normalized spacial score (nSPS) is 24.5. The molecule has 1 aromatic heterocycles. The van der Waals surface area contributed by atoms with Gasteiger partial charge in [0.2, 0.25) is 0 Å². The number of hydrogen-bond donors (Lipinski definition) is 1. The maximum atomic E-state index is 9.51. The van der Waals surface area contributed by atoms with Crippen LogP contribution in [-0.2, 0) is 13.0 Å². The highest BCUT2D eigenvalue weighted by Crippen LogP contribution is 2.25. The van der Waals surface area contributed by atoms with E-state index in [0.29, 0.717) is 11.8 Å². The number of likely N-dealkylation sites (tertiary alicyclic amines) is 1. The summed E-state index contributed by atoms with van der Waals surface area (Å²) >= 11 is 0. The number of furan rings is 1. The van der Waals surface area contributed by atoms with Crippen molar-refractivity contribution in [3.8, 4) is 0 Å². The smallest absolute Gasteiger partial charge is 0.118 e. The largest absolute Gasteiger partial charge is 0.465 e. The molecule has 0 aromatic carbocycles. The van der Waals surface area contributed by atoms with Gasteiger partial charge in [0, 0.05) is 32.7 Å². The Hall–Kier alpha value is -0.840. The lowest BCUT2D eigenvalue weighted by Crippen LogP contribution is -2.28. The summed E-state index contributed by atoms with van der Waals surface area (Å²) in [5.74, 6) is 3.04. The summed E-state index contributed by atoms with van der Waals surface area (Å²) in [4.78, 5) is 4.60. The molecule has 1 aliphatic rings. The van der Waals surface area contributed by atoms with Crippen LogP contribution in [0.25, 0.3) is 0 Å². The van der Waals surface area contributed by atoms with E-state index in [0.717, 1.165) is 44.1 Å². The molecule has 1 aromatic rings. The van der Waals surface area contributed by atoms with Crippen LogP contribution < -0.4 is 0 Å². The van der Waals surface area contributed by atoms with E-state index in [1.807, 2.05) is 0 Å². The molecule has 0 unspecified atom stereocenters. The summed E-state index contributed by atoms with van der Waals surface area (Å²) in [7, 11) is 4.19. The SMILES string of the molecule is CCc1ccc(CN2C[C@@H](CN(C)C)[C@@H](CO)C2)o1. The Kier molecular flexibility index (Phi) is 5.02. The fourth-order valence-electron chi connectivity index (χ4n) is 2.97. The second-order valence-electron chi connectivity index (χ2n) is 5.88. The molecule has 4 heteroatoms. The van der Waals surface area contributed by atoms with Crippen LogP contribution in [0.5, 0.6) is 0 Å². The number of aryl methyl sites for hydroxylation is 1. The minimum absolute atomic E-state index is 0.285. The van der Waals surface area contributed by atoms with Gasteiger partial charge in [0.05, 0.1) is 6.54 Å². The summed E-state index contributed by atoms with van der Waals surface area (Å²) in [6.45, 7) is 6.31. The van der Waals surface area contributed by atoms with Gasteiger partial charge < -0.3 is 14.4 Å². The molecule has 2 rings (SSSR count). The molecule has 2 heterocycles. The molecular weight excluding hydrogens is 240 g/mol. The number of nitrogens with zero attached hydrogens (tertiary/aromatic N) is 2. The molecule has 0 bridgehead atoms. The summed E-state index contributed by atoms with van der Waals surface area (Å²) < 4.78 is 5.77.